The monoisotopic (exact) mass is 828 g/mol. The average molecular weight is 829 g/mol. The largest absolute Gasteiger partial charge is 0.455 e. The zero-order valence-electron chi connectivity index (χ0n) is 35.4. The van der Waals surface area contributed by atoms with Crippen molar-refractivity contribution < 1.29 is 4.42 Å². The van der Waals surface area contributed by atoms with Crippen LogP contribution in [0.25, 0.3) is 104 Å². The van der Waals surface area contributed by atoms with Crippen LogP contribution in [0.1, 0.15) is 0 Å². The molecule has 0 saturated heterocycles. The summed E-state index contributed by atoms with van der Waals surface area (Å²) in [5, 5.41) is 9.53. The third kappa shape index (κ3) is 6.28. The summed E-state index contributed by atoms with van der Waals surface area (Å²) in [6.45, 7) is 0. The Bertz CT molecular complexity index is 3880. The summed E-state index contributed by atoms with van der Waals surface area (Å²) in [4.78, 5) is 2.35. The highest BCUT2D eigenvalue weighted by atomic mass is 16.3. The maximum Gasteiger partial charge on any atom is 0.143 e. The predicted octanol–water partition coefficient (Wildman–Crippen LogP) is 17.5. The standard InChI is InChI=1S/C62H40N2O/c1-2-12-47-38-49(25-24-41(47)10-1)44-22-20-42(21-23-44)43-26-31-50(32-27-43)63(53-35-37-61-58(40-53)57-36-30-46-11-3-4-15-54(46)62(57)65-61)51-33-28-45(29-34-51)48-13-9-14-52(39-48)64-59-18-7-5-16-55(59)56-17-6-8-19-60(56)64/h1-40H. The smallest absolute Gasteiger partial charge is 0.143 e. The Morgan fingerprint density at radius 2 is 0.800 bits per heavy atom. The quantitative estimate of drug-likeness (QED) is 0.160. The number of anilines is 3. The van der Waals surface area contributed by atoms with Gasteiger partial charge in [0.15, 0.2) is 0 Å². The van der Waals surface area contributed by atoms with Crippen LogP contribution in [0.15, 0.2) is 247 Å². The second-order valence-electron chi connectivity index (χ2n) is 16.9. The summed E-state index contributed by atoms with van der Waals surface area (Å²) in [6, 6.07) is 87.7. The first-order valence-electron chi connectivity index (χ1n) is 22.2. The van der Waals surface area contributed by atoms with Crippen LogP contribution in [0.3, 0.4) is 0 Å². The Labute approximate surface area is 376 Å². The lowest BCUT2D eigenvalue weighted by Crippen LogP contribution is -2.09. The van der Waals surface area contributed by atoms with Gasteiger partial charge >= 0.3 is 0 Å². The number of benzene rings is 11. The normalized spacial score (nSPS) is 11.7. The van der Waals surface area contributed by atoms with Crippen molar-refractivity contribution in [3.63, 3.8) is 0 Å². The molecule has 13 aromatic rings. The Balaban J connectivity index is 0.879. The van der Waals surface area contributed by atoms with Crippen molar-refractivity contribution in [2.75, 3.05) is 4.90 Å². The molecule has 0 aliphatic rings. The zero-order chi connectivity index (χ0) is 42.8. The molecule has 0 saturated carbocycles. The minimum absolute atomic E-state index is 0.876. The second-order valence-corrected chi connectivity index (χ2v) is 16.9. The lowest BCUT2D eigenvalue weighted by Gasteiger charge is -2.26. The van der Waals surface area contributed by atoms with Crippen LogP contribution < -0.4 is 4.90 Å². The number of aromatic nitrogens is 1. The molecule has 65 heavy (non-hydrogen) atoms. The molecule has 2 aromatic heterocycles. The van der Waals surface area contributed by atoms with Crippen LogP contribution >= 0.6 is 0 Å². The van der Waals surface area contributed by atoms with Crippen molar-refractivity contribution >= 4 is 82.4 Å². The fourth-order valence-electron chi connectivity index (χ4n) is 9.93. The Hall–Kier alpha value is -8.66. The van der Waals surface area contributed by atoms with Gasteiger partial charge < -0.3 is 13.9 Å². The van der Waals surface area contributed by atoms with Gasteiger partial charge in [-0.2, -0.15) is 0 Å². The highest BCUT2D eigenvalue weighted by molar-refractivity contribution is 6.16. The molecular weight excluding hydrogens is 789 g/mol. The number of hydrogen-bond acceptors (Lipinski definition) is 2. The van der Waals surface area contributed by atoms with Gasteiger partial charge in [0.2, 0.25) is 0 Å². The molecular formula is C62H40N2O. The summed E-state index contributed by atoms with van der Waals surface area (Å²) >= 11 is 0. The number of fused-ring (bicyclic) bond motifs is 9. The van der Waals surface area contributed by atoms with Crippen LogP contribution in [-0.4, -0.2) is 4.57 Å². The second kappa shape index (κ2) is 15.0. The molecule has 11 aromatic carbocycles. The Morgan fingerprint density at radius 1 is 0.292 bits per heavy atom. The zero-order valence-corrected chi connectivity index (χ0v) is 35.4. The fraction of sp³-hybridized carbons (Fsp3) is 0. The molecule has 3 nitrogen and oxygen atoms in total. The predicted molar refractivity (Wildman–Crippen MR) is 274 cm³/mol. The Morgan fingerprint density at radius 3 is 1.48 bits per heavy atom. The maximum absolute atomic E-state index is 6.56. The molecule has 0 aliphatic carbocycles. The third-order valence-corrected chi connectivity index (χ3v) is 13.2. The van der Waals surface area contributed by atoms with Crippen molar-refractivity contribution in [1.29, 1.82) is 0 Å². The van der Waals surface area contributed by atoms with Gasteiger partial charge in [-0.15, -0.1) is 0 Å². The van der Waals surface area contributed by atoms with Crippen molar-refractivity contribution in [3.8, 4) is 39.1 Å². The molecule has 0 unspecified atom stereocenters. The molecule has 0 bridgehead atoms. The van der Waals surface area contributed by atoms with E-state index in [1.54, 1.807) is 0 Å². The number of rotatable bonds is 7. The van der Waals surface area contributed by atoms with E-state index in [1.165, 1.54) is 60.2 Å². The topological polar surface area (TPSA) is 21.3 Å². The van der Waals surface area contributed by atoms with Crippen LogP contribution in [0.4, 0.5) is 17.1 Å². The average Bonchev–Trinajstić information content (AvgIpc) is 3.93. The SMILES string of the molecule is c1cc(-c2ccc(N(c3ccc(-c4ccc(-c5ccc6ccccc6c5)cc4)cc3)c3ccc4oc5c6ccccc6ccc5c4c3)cc2)cc(-n2c3ccccc3c3ccccc32)c1. The van der Waals surface area contributed by atoms with Gasteiger partial charge in [0, 0.05) is 49.7 Å². The minimum Gasteiger partial charge on any atom is -0.455 e. The van der Waals surface area contributed by atoms with Gasteiger partial charge in [-0.1, -0.05) is 164 Å². The molecule has 2 heterocycles. The summed E-state index contributed by atoms with van der Waals surface area (Å²) < 4.78 is 8.94. The summed E-state index contributed by atoms with van der Waals surface area (Å²) in [5.41, 5.74) is 15.6. The Kier molecular flexibility index (Phi) is 8.53. The molecule has 0 atom stereocenters. The molecule has 13 rings (SSSR count). The van der Waals surface area contributed by atoms with E-state index >= 15 is 0 Å². The maximum atomic E-state index is 6.56. The van der Waals surface area contributed by atoms with E-state index in [9.17, 15) is 0 Å². The van der Waals surface area contributed by atoms with Gasteiger partial charge in [-0.3, -0.25) is 0 Å². The summed E-state index contributed by atoms with van der Waals surface area (Å²) in [7, 11) is 0. The molecule has 0 spiro atoms. The fourth-order valence-corrected chi connectivity index (χ4v) is 9.93. The number of para-hydroxylation sites is 2. The lowest BCUT2D eigenvalue weighted by atomic mass is 9.98. The first-order valence-corrected chi connectivity index (χ1v) is 22.2. The van der Waals surface area contributed by atoms with Gasteiger partial charge in [0.1, 0.15) is 11.2 Å². The third-order valence-electron chi connectivity index (χ3n) is 13.2. The molecule has 0 aliphatic heterocycles. The first kappa shape index (κ1) is 36.9. The van der Waals surface area contributed by atoms with E-state index < -0.39 is 0 Å². The van der Waals surface area contributed by atoms with E-state index in [2.05, 4.69) is 252 Å². The lowest BCUT2D eigenvalue weighted by molar-refractivity contribution is 0.672. The molecule has 0 fully saturated rings. The van der Waals surface area contributed by atoms with E-state index in [0.717, 1.165) is 61.2 Å². The highest BCUT2D eigenvalue weighted by Crippen LogP contribution is 2.42. The van der Waals surface area contributed by atoms with Crippen LogP contribution in [0.2, 0.25) is 0 Å². The van der Waals surface area contributed by atoms with E-state index in [0.29, 0.717) is 0 Å². The minimum atomic E-state index is 0.876. The first-order chi connectivity index (χ1) is 32.2. The molecule has 304 valence electrons. The van der Waals surface area contributed by atoms with Gasteiger partial charge in [-0.25, -0.2) is 0 Å². The van der Waals surface area contributed by atoms with E-state index in [1.807, 2.05) is 0 Å². The molecule has 3 heteroatoms. The van der Waals surface area contributed by atoms with E-state index in [4.69, 9.17) is 4.42 Å². The van der Waals surface area contributed by atoms with Crippen molar-refractivity contribution in [1.82, 2.24) is 4.57 Å². The van der Waals surface area contributed by atoms with Crippen LogP contribution in [0.5, 0.6) is 0 Å². The molecule has 0 N–H and O–H groups in total. The molecule has 0 radical (unpaired) electrons. The van der Waals surface area contributed by atoms with Crippen LogP contribution in [-0.2, 0) is 0 Å². The van der Waals surface area contributed by atoms with Crippen molar-refractivity contribution in [2.45, 2.75) is 0 Å². The number of nitrogens with zero attached hydrogens (tertiary/aromatic N) is 2. The van der Waals surface area contributed by atoms with Crippen molar-refractivity contribution in [2.24, 2.45) is 0 Å². The summed E-state index contributed by atoms with van der Waals surface area (Å²) in [6.07, 6.45) is 0. The van der Waals surface area contributed by atoms with E-state index in [-0.39, 0.29) is 0 Å². The van der Waals surface area contributed by atoms with Crippen molar-refractivity contribution in [3.05, 3.63) is 243 Å². The van der Waals surface area contributed by atoms with Gasteiger partial charge in [0.05, 0.1) is 11.0 Å². The van der Waals surface area contributed by atoms with Gasteiger partial charge in [-0.05, 0) is 128 Å². The van der Waals surface area contributed by atoms with Crippen LogP contribution in [0, 0.1) is 0 Å². The van der Waals surface area contributed by atoms with Gasteiger partial charge in [0.25, 0.3) is 0 Å². The number of furan rings is 1. The summed E-state index contributed by atoms with van der Waals surface area (Å²) in [5.74, 6) is 0. The number of hydrogen-bond donors (Lipinski definition) is 0. The molecule has 0 amide bonds. The highest BCUT2D eigenvalue weighted by Gasteiger charge is 2.18.